The van der Waals surface area contributed by atoms with Crippen molar-refractivity contribution < 1.29 is 8.42 Å². The van der Waals surface area contributed by atoms with Crippen LogP contribution in [-0.2, 0) is 17.1 Å². The number of aromatic nitrogens is 2. The molecule has 0 atom stereocenters. The predicted molar refractivity (Wildman–Crippen MR) is 116 cm³/mol. The van der Waals surface area contributed by atoms with Crippen molar-refractivity contribution in [1.82, 2.24) is 23.9 Å². The van der Waals surface area contributed by atoms with Crippen molar-refractivity contribution in [2.24, 2.45) is 12.0 Å². The first-order valence-corrected chi connectivity index (χ1v) is 12.1. The third kappa shape index (κ3) is 3.39. The summed E-state index contributed by atoms with van der Waals surface area (Å²) >= 11 is 0. The summed E-state index contributed by atoms with van der Waals surface area (Å²) in [5, 5.41) is 4.18. The lowest BCUT2D eigenvalue weighted by Gasteiger charge is -2.44. The van der Waals surface area contributed by atoms with Crippen LogP contribution in [0.1, 0.15) is 19.3 Å². The second-order valence-electron chi connectivity index (χ2n) is 8.23. The Balaban J connectivity index is 1.31. The molecule has 0 unspecified atom stereocenters. The fourth-order valence-electron chi connectivity index (χ4n) is 4.53. The lowest BCUT2D eigenvalue weighted by atomic mass is 9.91. The monoisotopic (exact) mass is 428 g/mol. The van der Waals surface area contributed by atoms with Crippen molar-refractivity contribution in [2.75, 3.05) is 39.3 Å². The maximum absolute atomic E-state index is 13.4. The highest BCUT2D eigenvalue weighted by atomic mass is 32.2. The van der Waals surface area contributed by atoms with E-state index in [-0.39, 0.29) is 0 Å². The van der Waals surface area contributed by atoms with Crippen LogP contribution >= 0.6 is 0 Å². The second-order valence-corrected chi connectivity index (χ2v) is 10.1. The van der Waals surface area contributed by atoms with Crippen molar-refractivity contribution in [3.63, 3.8) is 0 Å². The van der Waals surface area contributed by atoms with E-state index < -0.39 is 10.0 Å². The van der Waals surface area contributed by atoms with Gasteiger partial charge in [0.1, 0.15) is 0 Å². The Bertz CT molecular complexity index is 1030. The number of sulfonamides is 1. The third-order valence-electron chi connectivity index (χ3n) is 6.53. The van der Waals surface area contributed by atoms with Crippen LogP contribution in [0, 0.1) is 0 Å². The smallest absolute Gasteiger partial charge is 0.266 e. The van der Waals surface area contributed by atoms with Gasteiger partial charge in [-0.05, 0) is 36.6 Å². The largest absolute Gasteiger partial charge is 0.339 e. The molecule has 2 fully saturated rings. The molecule has 3 heterocycles. The fraction of sp³-hybridized carbons (Fsp3) is 0.524. The molecule has 0 N–H and O–H groups in total. The Kier molecular flexibility index (Phi) is 5.02. The van der Waals surface area contributed by atoms with Gasteiger partial charge in [-0.1, -0.05) is 18.6 Å². The van der Waals surface area contributed by atoms with E-state index in [0.717, 1.165) is 43.5 Å². The first kappa shape index (κ1) is 19.6. The maximum Gasteiger partial charge on any atom is 0.266 e. The molecule has 2 aromatic rings. The minimum absolute atomic E-state index is 0.302. The Hall–Kier alpha value is -2.39. The molecular formula is C21H28N6O2S. The van der Waals surface area contributed by atoms with Gasteiger partial charge in [-0.2, -0.15) is 5.10 Å². The highest BCUT2D eigenvalue weighted by molar-refractivity contribution is 7.89. The van der Waals surface area contributed by atoms with Gasteiger partial charge in [0.2, 0.25) is 5.96 Å². The van der Waals surface area contributed by atoms with Gasteiger partial charge in [0.15, 0.2) is 0 Å². The quantitative estimate of drug-likeness (QED) is 0.740. The van der Waals surface area contributed by atoms with Crippen LogP contribution < -0.4 is 0 Å². The molecule has 160 valence electrons. The SMILES string of the molecule is Cn1nccc1-c1ccc(S(=O)(=O)N2CCN=C2N2CCN(C3CCC3)CC2)cc1. The summed E-state index contributed by atoms with van der Waals surface area (Å²) in [5.41, 5.74) is 1.89. The van der Waals surface area contributed by atoms with E-state index in [9.17, 15) is 8.42 Å². The van der Waals surface area contributed by atoms with E-state index in [4.69, 9.17) is 0 Å². The molecule has 1 aromatic heterocycles. The average Bonchev–Trinajstić information content (AvgIpc) is 3.37. The van der Waals surface area contributed by atoms with Crippen molar-refractivity contribution in [3.05, 3.63) is 36.5 Å². The van der Waals surface area contributed by atoms with E-state index in [1.54, 1.807) is 23.0 Å². The third-order valence-corrected chi connectivity index (χ3v) is 8.32. The van der Waals surface area contributed by atoms with Crippen LogP contribution in [0.15, 0.2) is 46.4 Å². The summed E-state index contributed by atoms with van der Waals surface area (Å²) in [6.07, 6.45) is 5.67. The van der Waals surface area contributed by atoms with E-state index >= 15 is 0 Å². The molecule has 1 saturated heterocycles. The van der Waals surface area contributed by atoms with Crippen LogP contribution in [-0.4, -0.2) is 83.6 Å². The van der Waals surface area contributed by atoms with Crippen LogP contribution in [0.5, 0.6) is 0 Å². The van der Waals surface area contributed by atoms with Crippen molar-refractivity contribution >= 4 is 16.0 Å². The predicted octanol–water partition coefficient (Wildman–Crippen LogP) is 1.62. The van der Waals surface area contributed by atoms with Gasteiger partial charge in [-0.3, -0.25) is 14.6 Å². The lowest BCUT2D eigenvalue weighted by molar-refractivity contribution is 0.0833. The molecule has 9 heteroatoms. The molecule has 0 bridgehead atoms. The minimum Gasteiger partial charge on any atom is -0.339 e. The first-order valence-electron chi connectivity index (χ1n) is 10.7. The number of rotatable bonds is 4. The molecule has 5 rings (SSSR count). The zero-order valence-corrected chi connectivity index (χ0v) is 18.1. The number of benzene rings is 1. The lowest BCUT2D eigenvalue weighted by Crippen LogP contribution is -2.56. The fourth-order valence-corrected chi connectivity index (χ4v) is 5.97. The zero-order valence-electron chi connectivity index (χ0n) is 17.3. The summed E-state index contributed by atoms with van der Waals surface area (Å²) in [6.45, 7) is 4.56. The normalized spacial score (nSPS) is 21.0. The number of guanidine groups is 1. The number of aryl methyl sites for hydroxylation is 1. The molecule has 0 radical (unpaired) electrons. The molecule has 3 aliphatic rings. The van der Waals surface area contributed by atoms with Crippen LogP contribution in [0.4, 0.5) is 0 Å². The summed E-state index contributed by atoms with van der Waals surface area (Å²) in [6, 6.07) is 9.69. The standard InChI is InChI=1S/C21H28N6O2S/c1-24-20(9-10-23-24)17-5-7-19(8-6-17)30(28,29)27-12-11-22-21(27)26-15-13-25(14-16-26)18-3-2-4-18/h5-10,18H,2-4,11-16H2,1H3. The second kappa shape index (κ2) is 7.70. The maximum atomic E-state index is 13.4. The van der Waals surface area contributed by atoms with Gasteiger partial charge in [0.25, 0.3) is 10.0 Å². The van der Waals surface area contributed by atoms with Crippen LogP contribution in [0.3, 0.4) is 0 Å². The highest BCUT2D eigenvalue weighted by Gasteiger charge is 2.36. The van der Waals surface area contributed by atoms with Gasteiger partial charge in [0.05, 0.1) is 23.7 Å². The number of piperazine rings is 1. The number of hydrogen-bond acceptors (Lipinski definition) is 6. The summed E-state index contributed by atoms with van der Waals surface area (Å²) < 4.78 is 30.0. The van der Waals surface area contributed by atoms with Crippen molar-refractivity contribution in [2.45, 2.75) is 30.2 Å². The average molecular weight is 429 g/mol. The van der Waals surface area contributed by atoms with Gasteiger partial charge in [0, 0.05) is 45.5 Å². The number of aliphatic imine (C=N–C) groups is 1. The topological polar surface area (TPSA) is 74.0 Å². The minimum atomic E-state index is -3.63. The molecule has 8 nitrogen and oxygen atoms in total. The Labute approximate surface area is 177 Å². The Morgan fingerprint density at radius 2 is 1.70 bits per heavy atom. The van der Waals surface area contributed by atoms with E-state index in [1.165, 1.54) is 23.6 Å². The number of hydrogen-bond donors (Lipinski definition) is 0. The molecule has 0 spiro atoms. The molecule has 1 saturated carbocycles. The van der Waals surface area contributed by atoms with E-state index in [0.29, 0.717) is 23.9 Å². The molecule has 1 aliphatic carbocycles. The summed E-state index contributed by atoms with van der Waals surface area (Å²) in [5.74, 6) is 0.610. The molecule has 30 heavy (non-hydrogen) atoms. The summed E-state index contributed by atoms with van der Waals surface area (Å²) in [4.78, 5) is 9.56. The number of nitrogens with zero attached hydrogens (tertiary/aromatic N) is 6. The molecular weight excluding hydrogens is 400 g/mol. The van der Waals surface area contributed by atoms with Gasteiger partial charge in [-0.15, -0.1) is 0 Å². The van der Waals surface area contributed by atoms with E-state index in [1.807, 2.05) is 25.2 Å². The van der Waals surface area contributed by atoms with Crippen molar-refractivity contribution in [3.8, 4) is 11.3 Å². The molecule has 1 aromatic carbocycles. The van der Waals surface area contributed by atoms with Gasteiger partial charge >= 0.3 is 0 Å². The Morgan fingerprint density at radius 1 is 0.967 bits per heavy atom. The molecule has 0 amide bonds. The van der Waals surface area contributed by atoms with Gasteiger partial charge in [-0.25, -0.2) is 12.7 Å². The first-order chi connectivity index (χ1) is 14.5. The van der Waals surface area contributed by atoms with Crippen LogP contribution in [0.2, 0.25) is 0 Å². The van der Waals surface area contributed by atoms with Crippen molar-refractivity contribution in [1.29, 1.82) is 0 Å². The summed E-state index contributed by atoms with van der Waals surface area (Å²) in [7, 11) is -1.76. The van der Waals surface area contributed by atoms with E-state index in [2.05, 4.69) is 19.9 Å². The Morgan fingerprint density at radius 3 is 2.30 bits per heavy atom. The van der Waals surface area contributed by atoms with Crippen LogP contribution in [0.25, 0.3) is 11.3 Å². The highest BCUT2D eigenvalue weighted by Crippen LogP contribution is 2.27. The molecule has 2 aliphatic heterocycles. The zero-order chi connectivity index (χ0) is 20.7. The van der Waals surface area contributed by atoms with Gasteiger partial charge < -0.3 is 4.90 Å².